The smallest absolute Gasteiger partial charge is 0.450 e. The normalized spacial score (nSPS) is 12.6. The minimum Gasteiger partial charge on any atom is -0.450 e. The number of amides is 2. The first-order chi connectivity index (χ1) is 15.8. The number of unbranched alkanes of at least 4 members (excludes halogenated alkanes) is 4. The molecular formula is C21H44N6O6. The number of nitrogens with one attached hydrogen (secondary N) is 1. The highest BCUT2D eigenvalue weighted by Gasteiger charge is 2.22. The second kappa shape index (κ2) is 20.5. The van der Waals surface area contributed by atoms with Crippen molar-refractivity contribution in [2.75, 3.05) is 45.9 Å². The van der Waals surface area contributed by atoms with Crippen LogP contribution in [0.3, 0.4) is 0 Å². The topological polar surface area (TPSA) is 209 Å². The Morgan fingerprint density at radius 1 is 0.818 bits per heavy atom. The second-order valence-corrected chi connectivity index (χ2v) is 8.02. The maximum Gasteiger partial charge on any atom is 0.505 e. The van der Waals surface area contributed by atoms with Crippen LogP contribution in [-0.4, -0.2) is 86.2 Å². The molecule has 194 valence electrons. The minimum absolute atomic E-state index is 0.0541. The van der Waals surface area contributed by atoms with Crippen molar-refractivity contribution >= 4 is 18.2 Å². The van der Waals surface area contributed by atoms with Crippen molar-refractivity contribution in [1.82, 2.24) is 10.2 Å². The van der Waals surface area contributed by atoms with Gasteiger partial charge in [-0.2, -0.15) is 0 Å². The van der Waals surface area contributed by atoms with Gasteiger partial charge in [0.2, 0.25) is 5.91 Å². The molecule has 0 aromatic carbocycles. The summed E-state index contributed by atoms with van der Waals surface area (Å²) < 4.78 is 9.94. The maximum atomic E-state index is 12.6. The molecule has 33 heavy (non-hydrogen) atoms. The SMILES string of the molecule is NCCCCCN(CC(=O)N[C@H](CCCCN)COC(=O)O)C(=O)OC[C@H](N)CCCCN. The van der Waals surface area contributed by atoms with Crippen molar-refractivity contribution in [3.05, 3.63) is 0 Å². The van der Waals surface area contributed by atoms with E-state index in [-0.39, 0.29) is 25.8 Å². The first-order valence-corrected chi connectivity index (χ1v) is 11.8. The number of hydrogen-bond acceptors (Lipinski definition) is 9. The maximum absolute atomic E-state index is 12.6. The predicted octanol–water partition coefficient (Wildman–Crippen LogP) is 0.319. The lowest BCUT2D eigenvalue weighted by Crippen LogP contribution is -2.46. The van der Waals surface area contributed by atoms with E-state index in [1.54, 1.807) is 0 Å². The number of carboxylic acid groups (broad SMARTS) is 1. The molecule has 0 rings (SSSR count). The van der Waals surface area contributed by atoms with Crippen molar-refractivity contribution in [2.24, 2.45) is 22.9 Å². The summed E-state index contributed by atoms with van der Waals surface area (Å²) in [6.45, 7) is 1.63. The van der Waals surface area contributed by atoms with Crippen molar-refractivity contribution in [1.29, 1.82) is 0 Å². The highest BCUT2D eigenvalue weighted by molar-refractivity contribution is 5.82. The van der Waals surface area contributed by atoms with E-state index in [9.17, 15) is 14.4 Å². The number of hydrogen-bond donors (Lipinski definition) is 6. The third-order valence-corrected chi connectivity index (χ3v) is 4.95. The third-order valence-electron chi connectivity index (χ3n) is 4.95. The summed E-state index contributed by atoms with van der Waals surface area (Å²) in [5.41, 5.74) is 22.5. The highest BCUT2D eigenvalue weighted by atomic mass is 16.7. The molecule has 10 N–H and O–H groups in total. The number of carbonyl (C=O) groups is 3. The van der Waals surface area contributed by atoms with E-state index < -0.39 is 24.2 Å². The summed E-state index contributed by atoms with van der Waals surface area (Å²) in [5.74, 6) is -0.426. The Labute approximate surface area is 196 Å². The molecule has 0 aliphatic heterocycles. The summed E-state index contributed by atoms with van der Waals surface area (Å²) in [6.07, 6.45) is 4.62. The first kappa shape index (κ1) is 30.9. The van der Waals surface area contributed by atoms with E-state index in [2.05, 4.69) is 10.1 Å². The largest absolute Gasteiger partial charge is 0.505 e. The molecule has 0 radical (unpaired) electrons. The molecule has 0 saturated carbocycles. The van der Waals surface area contributed by atoms with E-state index in [1.165, 1.54) is 4.90 Å². The lowest BCUT2D eigenvalue weighted by molar-refractivity contribution is -0.123. The third kappa shape index (κ3) is 18.0. The van der Waals surface area contributed by atoms with Crippen LogP contribution in [0.1, 0.15) is 57.8 Å². The van der Waals surface area contributed by atoms with Crippen molar-refractivity contribution in [2.45, 2.75) is 69.9 Å². The molecule has 0 saturated heterocycles. The number of ether oxygens (including phenoxy) is 2. The van der Waals surface area contributed by atoms with Gasteiger partial charge in [0.25, 0.3) is 0 Å². The van der Waals surface area contributed by atoms with Gasteiger partial charge in [-0.1, -0.05) is 19.3 Å². The molecule has 0 heterocycles. The number of rotatable bonds is 20. The van der Waals surface area contributed by atoms with Crippen LogP contribution in [0.25, 0.3) is 0 Å². The van der Waals surface area contributed by atoms with Crippen LogP contribution in [0.4, 0.5) is 9.59 Å². The first-order valence-electron chi connectivity index (χ1n) is 11.8. The van der Waals surface area contributed by atoms with Gasteiger partial charge >= 0.3 is 12.2 Å². The van der Waals surface area contributed by atoms with Crippen LogP contribution in [0.15, 0.2) is 0 Å². The van der Waals surface area contributed by atoms with E-state index in [0.717, 1.165) is 32.1 Å². The molecule has 0 aliphatic carbocycles. The molecule has 12 heteroatoms. The second-order valence-electron chi connectivity index (χ2n) is 8.02. The predicted molar refractivity (Wildman–Crippen MR) is 126 cm³/mol. The van der Waals surface area contributed by atoms with E-state index >= 15 is 0 Å². The van der Waals surface area contributed by atoms with E-state index in [0.29, 0.717) is 51.9 Å². The van der Waals surface area contributed by atoms with Gasteiger partial charge in [-0.05, 0) is 58.2 Å². The fourth-order valence-electron chi connectivity index (χ4n) is 3.11. The molecule has 0 aliphatic rings. The summed E-state index contributed by atoms with van der Waals surface area (Å²) in [5, 5.41) is 11.5. The molecule has 2 amide bonds. The quantitative estimate of drug-likeness (QED) is 0.105. The Morgan fingerprint density at radius 3 is 2.03 bits per heavy atom. The average molecular weight is 477 g/mol. The fraction of sp³-hybridized carbons (Fsp3) is 0.857. The Kier molecular flexibility index (Phi) is 19.1. The molecule has 0 unspecified atom stereocenters. The van der Waals surface area contributed by atoms with Gasteiger partial charge in [-0.3, -0.25) is 9.69 Å². The summed E-state index contributed by atoms with van der Waals surface area (Å²) in [6, 6.07) is -0.806. The van der Waals surface area contributed by atoms with Gasteiger partial charge in [0.15, 0.2) is 0 Å². The minimum atomic E-state index is -1.42. The highest BCUT2D eigenvalue weighted by Crippen LogP contribution is 2.06. The molecule has 0 bridgehead atoms. The molecular weight excluding hydrogens is 432 g/mol. The molecule has 0 spiro atoms. The number of carbonyl (C=O) groups excluding carboxylic acids is 2. The zero-order valence-corrected chi connectivity index (χ0v) is 19.7. The number of nitrogens with two attached hydrogens (primary N) is 4. The molecule has 2 atom stereocenters. The molecule has 12 nitrogen and oxygen atoms in total. The molecule has 0 aromatic heterocycles. The standard InChI is InChI=1S/C21H44N6O6/c22-10-4-1-7-13-27(20(29)32-15-17(25)8-2-5-11-23)14-19(28)26-18(9-3-6-12-24)16-33-21(30)31/h17-18H,1-16,22-25H2,(H,26,28)(H,30,31)/t17-,18-/m1/s1. The Morgan fingerprint density at radius 2 is 1.42 bits per heavy atom. The zero-order chi connectivity index (χ0) is 24.9. The Bertz CT molecular complexity index is 539. The Hall–Kier alpha value is -2.15. The van der Waals surface area contributed by atoms with Gasteiger partial charge < -0.3 is 42.8 Å². The van der Waals surface area contributed by atoms with E-state index in [4.69, 9.17) is 32.8 Å². The monoisotopic (exact) mass is 476 g/mol. The van der Waals surface area contributed by atoms with Crippen LogP contribution < -0.4 is 28.3 Å². The van der Waals surface area contributed by atoms with Crippen LogP contribution in [-0.2, 0) is 14.3 Å². The summed E-state index contributed by atoms with van der Waals surface area (Å²) in [4.78, 5) is 37.2. The lowest BCUT2D eigenvalue weighted by atomic mass is 10.1. The van der Waals surface area contributed by atoms with Crippen LogP contribution in [0, 0.1) is 0 Å². The lowest BCUT2D eigenvalue weighted by Gasteiger charge is -2.24. The van der Waals surface area contributed by atoms with Crippen LogP contribution >= 0.6 is 0 Å². The van der Waals surface area contributed by atoms with Gasteiger partial charge in [-0.25, -0.2) is 9.59 Å². The Balaban J connectivity index is 4.84. The van der Waals surface area contributed by atoms with Gasteiger partial charge in [-0.15, -0.1) is 0 Å². The zero-order valence-electron chi connectivity index (χ0n) is 19.7. The summed E-state index contributed by atoms with van der Waals surface area (Å²) >= 11 is 0. The van der Waals surface area contributed by atoms with Gasteiger partial charge in [0, 0.05) is 12.6 Å². The van der Waals surface area contributed by atoms with E-state index in [1.807, 2.05) is 0 Å². The van der Waals surface area contributed by atoms with Gasteiger partial charge in [0.1, 0.15) is 19.8 Å². The van der Waals surface area contributed by atoms with Gasteiger partial charge in [0.05, 0.1) is 6.04 Å². The summed E-state index contributed by atoms with van der Waals surface area (Å²) in [7, 11) is 0. The van der Waals surface area contributed by atoms with Crippen molar-refractivity contribution in [3.63, 3.8) is 0 Å². The van der Waals surface area contributed by atoms with Crippen LogP contribution in [0.2, 0.25) is 0 Å². The van der Waals surface area contributed by atoms with Crippen molar-refractivity contribution < 1.29 is 29.0 Å². The van der Waals surface area contributed by atoms with Crippen LogP contribution in [0.5, 0.6) is 0 Å². The average Bonchev–Trinajstić information content (AvgIpc) is 2.78. The molecule has 0 fully saturated rings. The molecule has 0 aromatic rings. The fourth-order valence-corrected chi connectivity index (χ4v) is 3.11. The number of nitrogens with zero attached hydrogens (tertiary/aromatic N) is 1. The van der Waals surface area contributed by atoms with Crippen molar-refractivity contribution in [3.8, 4) is 0 Å².